The number of rotatable bonds is 6. The number of carbonyl (C=O) groups excluding carboxylic acids is 4. The normalized spacial score (nSPS) is 23.2. The highest BCUT2D eigenvalue weighted by Crippen LogP contribution is 2.29. The van der Waals surface area contributed by atoms with Crippen LogP contribution in [0.2, 0.25) is 0 Å². The third kappa shape index (κ3) is 7.23. The number of nitrogens with zero attached hydrogens (tertiary/aromatic N) is 3. The van der Waals surface area contributed by atoms with Crippen molar-refractivity contribution in [2.24, 2.45) is 5.92 Å². The lowest BCUT2D eigenvalue weighted by atomic mass is 9.86. The van der Waals surface area contributed by atoms with Gasteiger partial charge in [-0.15, -0.1) is 0 Å². The summed E-state index contributed by atoms with van der Waals surface area (Å²) >= 11 is 0. The molecule has 0 spiro atoms. The van der Waals surface area contributed by atoms with Gasteiger partial charge in [0.15, 0.2) is 0 Å². The van der Waals surface area contributed by atoms with Crippen LogP contribution in [0.5, 0.6) is 0 Å². The second-order valence-corrected chi connectivity index (χ2v) is 12.3. The van der Waals surface area contributed by atoms with Gasteiger partial charge in [0.25, 0.3) is 5.91 Å². The summed E-state index contributed by atoms with van der Waals surface area (Å²) in [7, 11) is 0. The van der Waals surface area contributed by atoms with Gasteiger partial charge in [-0.1, -0.05) is 11.8 Å². The quantitative estimate of drug-likeness (QED) is 0.170. The molecule has 1 aliphatic carbocycles. The van der Waals surface area contributed by atoms with Gasteiger partial charge in [-0.25, -0.2) is 4.79 Å². The molecule has 3 fully saturated rings. The molecule has 0 aromatic heterocycles. The fourth-order valence-electron chi connectivity index (χ4n) is 6.69. The van der Waals surface area contributed by atoms with Crippen LogP contribution in [-0.4, -0.2) is 84.9 Å². The molecule has 1 atom stereocenters. The minimum absolute atomic E-state index is 0.00709. The molecule has 6 rings (SSSR count). The summed E-state index contributed by atoms with van der Waals surface area (Å²) in [6.07, 6.45) is 4.71. The predicted octanol–water partition coefficient (Wildman–Crippen LogP) is 2.06. The van der Waals surface area contributed by atoms with E-state index in [0.29, 0.717) is 50.1 Å². The van der Waals surface area contributed by atoms with Crippen molar-refractivity contribution < 1.29 is 19.2 Å². The third-order valence-electron chi connectivity index (χ3n) is 9.33. The van der Waals surface area contributed by atoms with Gasteiger partial charge in [-0.2, -0.15) is 0 Å². The first kappa shape index (κ1) is 30.5. The van der Waals surface area contributed by atoms with Crippen LogP contribution in [0.4, 0.5) is 16.2 Å². The van der Waals surface area contributed by atoms with Crippen LogP contribution in [0.25, 0.3) is 0 Å². The van der Waals surface area contributed by atoms with Gasteiger partial charge in [0.05, 0.1) is 0 Å². The number of piperidine rings is 1. The molecule has 2 aromatic rings. The Hall–Kier alpha value is -4.56. The van der Waals surface area contributed by atoms with Crippen molar-refractivity contribution in [2.45, 2.75) is 57.2 Å². The Morgan fingerprint density at radius 1 is 0.933 bits per heavy atom. The van der Waals surface area contributed by atoms with Crippen LogP contribution in [0.1, 0.15) is 60.0 Å². The second-order valence-electron chi connectivity index (χ2n) is 12.3. The Balaban J connectivity index is 0.887. The standard InChI is InChI=1S/C34H41N7O4/c35-26-6-10-28(11-7-26)39-17-19-40(20-18-39)34(45)37-16-15-36-27-8-3-23(4-9-27)1-2-24-5-12-29-25(21-24)22-41(33(29)44)30-13-14-31(42)38-32(30)43/h5-7,10-12,21,23,27,30,36H,3-4,8-9,13-20,22,35H2,(H,37,45)(H,38,42,43). The highest BCUT2D eigenvalue weighted by Gasteiger charge is 2.39. The van der Waals surface area contributed by atoms with Gasteiger partial charge in [0.2, 0.25) is 11.8 Å². The molecular weight excluding hydrogens is 570 g/mol. The van der Waals surface area contributed by atoms with Crippen molar-refractivity contribution in [3.05, 3.63) is 59.2 Å². The lowest BCUT2D eigenvalue weighted by molar-refractivity contribution is -0.136. The molecule has 4 aliphatic rings. The van der Waals surface area contributed by atoms with Gasteiger partial charge in [-0.05, 0) is 80.1 Å². The lowest BCUT2D eigenvalue weighted by Crippen LogP contribution is -2.52. The number of nitrogens with two attached hydrogens (primary N) is 1. The van der Waals surface area contributed by atoms with Crippen LogP contribution >= 0.6 is 0 Å². The molecule has 236 valence electrons. The summed E-state index contributed by atoms with van der Waals surface area (Å²) in [4.78, 5) is 55.1. The molecule has 0 radical (unpaired) electrons. The van der Waals surface area contributed by atoms with E-state index in [0.717, 1.165) is 67.8 Å². The smallest absolute Gasteiger partial charge is 0.317 e. The van der Waals surface area contributed by atoms with Gasteiger partial charge < -0.3 is 31.1 Å². The monoisotopic (exact) mass is 611 g/mol. The molecule has 1 unspecified atom stereocenters. The highest BCUT2D eigenvalue weighted by molar-refractivity contribution is 6.05. The maximum absolute atomic E-state index is 12.9. The van der Waals surface area contributed by atoms with Gasteiger partial charge >= 0.3 is 6.03 Å². The number of piperazine rings is 1. The molecule has 11 heteroatoms. The molecule has 2 saturated heterocycles. The number of urea groups is 1. The average molecular weight is 612 g/mol. The van der Waals surface area contributed by atoms with E-state index in [1.54, 1.807) is 11.0 Å². The van der Waals surface area contributed by atoms with E-state index in [1.807, 2.05) is 41.3 Å². The Morgan fingerprint density at radius 2 is 1.69 bits per heavy atom. The molecule has 1 saturated carbocycles. The summed E-state index contributed by atoms with van der Waals surface area (Å²) in [5.41, 5.74) is 10.0. The largest absolute Gasteiger partial charge is 0.399 e. The molecule has 5 amide bonds. The Bertz CT molecular complexity index is 1500. The maximum atomic E-state index is 12.9. The average Bonchev–Trinajstić information content (AvgIpc) is 3.38. The zero-order valence-corrected chi connectivity index (χ0v) is 25.5. The minimum Gasteiger partial charge on any atom is -0.399 e. The number of amides is 5. The molecular formula is C34H41N7O4. The summed E-state index contributed by atoms with van der Waals surface area (Å²) in [5.74, 6) is 6.21. The van der Waals surface area contributed by atoms with Crippen LogP contribution in [0, 0.1) is 17.8 Å². The molecule has 5 N–H and O–H groups in total. The van der Waals surface area contributed by atoms with E-state index in [9.17, 15) is 19.2 Å². The first-order valence-corrected chi connectivity index (χ1v) is 16.0. The van der Waals surface area contributed by atoms with Crippen LogP contribution in [0.15, 0.2) is 42.5 Å². The van der Waals surface area contributed by atoms with E-state index in [1.165, 1.54) is 0 Å². The molecule has 0 bridgehead atoms. The fourth-order valence-corrected chi connectivity index (χ4v) is 6.69. The van der Waals surface area contributed by atoms with Crippen molar-refractivity contribution in [3.63, 3.8) is 0 Å². The van der Waals surface area contributed by atoms with Crippen molar-refractivity contribution >= 4 is 35.1 Å². The summed E-state index contributed by atoms with van der Waals surface area (Å²) < 4.78 is 0. The van der Waals surface area contributed by atoms with Crippen molar-refractivity contribution in [1.82, 2.24) is 25.8 Å². The predicted molar refractivity (Wildman–Crippen MR) is 171 cm³/mol. The number of benzene rings is 2. The second kappa shape index (κ2) is 13.6. The number of imide groups is 1. The SMILES string of the molecule is Nc1ccc(N2CCN(C(=O)NCCNC3CCC(C#Cc4ccc5c(c4)CN(C4CCC(=O)NC4=O)C5=O)CC3)CC2)cc1. The van der Waals surface area contributed by atoms with Gasteiger partial charge in [-0.3, -0.25) is 19.7 Å². The number of nitrogen functional groups attached to an aromatic ring is 1. The Morgan fingerprint density at radius 3 is 2.42 bits per heavy atom. The highest BCUT2D eigenvalue weighted by atomic mass is 16.2. The number of anilines is 2. The van der Waals surface area contributed by atoms with Crippen molar-refractivity contribution in [3.8, 4) is 11.8 Å². The van der Waals surface area contributed by atoms with Gasteiger partial charge in [0, 0.05) is 86.7 Å². The van der Waals surface area contributed by atoms with E-state index in [2.05, 4.69) is 32.7 Å². The van der Waals surface area contributed by atoms with Gasteiger partial charge in [0.1, 0.15) is 6.04 Å². The number of nitrogens with one attached hydrogen (secondary N) is 3. The maximum Gasteiger partial charge on any atom is 0.317 e. The number of hydrogen-bond donors (Lipinski definition) is 4. The van der Waals surface area contributed by atoms with Crippen molar-refractivity contribution in [1.29, 1.82) is 0 Å². The molecule has 45 heavy (non-hydrogen) atoms. The minimum atomic E-state index is -0.611. The molecule has 3 aliphatic heterocycles. The molecule has 2 aromatic carbocycles. The summed E-state index contributed by atoms with van der Waals surface area (Å²) in [5, 5.41) is 8.99. The Labute approximate surface area is 263 Å². The zero-order chi connectivity index (χ0) is 31.3. The first-order chi connectivity index (χ1) is 21.8. The van der Waals surface area contributed by atoms with Crippen LogP contribution < -0.4 is 26.6 Å². The number of fused-ring (bicyclic) bond motifs is 1. The summed E-state index contributed by atoms with van der Waals surface area (Å²) in [6, 6.07) is 13.3. The van der Waals surface area contributed by atoms with Crippen LogP contribution in [0.3, 0.4) is 0 Å². The zero-order valence-electron chi connectivity index (χ0n) is 25.5. The van der Waals surface area contributed by atoms with Crippen molar-refractivity contribution in [2.75, 3.05) is 49.9 Å². The fraction of sp³-hybridized carbons (Fsp3) is 0.471. The number of hydrogen-bond acceptors (Lipinski definition) is 7. The topological polar surface area (TPSA) is 140 Å². The number of carbonyl (C=O) groups is 4. The first-order valence-electron chi connectivity index (χ1n) is 16.0. The van der Waals surface area contributed by atoms with E-state index in [-0.39, 0.29) is 24.3 Å². The van der Waals surface area contributed by atoms with Crippen LogP contribution in [-0.2, 0) is 16.1 Å². The molecule has 3 heterocycles. The lowest BCUT2D eigenvalue weighted by Gasteiger charge is -2.36. The van der Waals surface area contributed by atoms with E-state index in [4.69, 9.17) is 5.73 Å². The van der Waals surface area contributed by atoms with E-state index >= 15 is 0 Å². The Kier molecular flexibility index (Phi) is 9.21. The summed E-state index contributed by atoms with van der Waals surface area (Å²) in [6.45, 7) is 4.68. The third-order valence-corrected chi connectivity index (χ3v) is 9.33. The molecule has 11 nitrogen and oxygen atoms in total. The van der Waals surface area contributed by atoms with E-state index < -0.39 is 11.9 Å².